The van der Waals surface area contributed by atoms with E-state index >= 15 is 0 Å². The van der Waals surface area contributed by atoms with Crippen LogP contribution in [0, 0.1) is 11.6 Å². The maximum Gasteiger partial charge on any atom is 0.165 e. The van der Waals surface area contributed by atoms with Crippen molar-refractivity contribution >= 4 is 0 Å². The molecule has 0 fully saturated rings. The number of halogens is 2. The molecule has 0 aliphatic heterocycles. The molecule has 5 nitrogen and oxygen atoms in total. The van der Waals surface area contributed by atoms with Crippen molar-refractivity contribution in [1.82, 2.24) is 5.32 Å². The lowest BCUT2D eigenvalue weighted by Gasteiger charge is -2.15. The lowest BCUT2D eigenvalue weighted by Crippen LogP contribution is -2.20. The zero-order valence-corrected chi connectivity index (χ0v) is 17.7. The molecule has 2 N–H and O–H groups in total. The first-order valence-corrected chi connectivity index (χ1v) is 10.5. The van der Waals surface area contributed by atoms with Crippen LogP contribution < -0.4 is 19.5 Å². The predicted octanol–water partition coefficient (Wildman–Crippen LogP) is 4.47. The quantitative estimate of drug-likeness (QED) is 0.382. The van der Waals surface area contributed by atoms with E-state index in [1.54, 1.807) is 42.5 Å². The van der Waals surface area contributed by atoms with Gasteiger partial charge in [-0.2, -0.15) is 0 Å². The highest BCUT2D eigenvalue weighted by Gasteiger charge is 2.09. The summed E-state index contributed by atoms with van der Waals surface area (Å²) in [7, 11) is 0. The zero-order valence-electron chi connectivity index (χ0n) is 17.7. The minimum Gasteiger partial charge on any atom is -0.493 e. The van der Waals surface area contributed by atoms with Crippen LogP contribution in [0.5, 0.6) is 17.2 Å². The van der Waals surface area contributed by atoms with Crippen molar-refractivity contribution < 1.29 is 28.1 Å². The average Bonchev–Trinajstić information content (AvgIpc) is 2.81. The Morgan fingerprint density at radius 2 is 1.28 bits per heavy atom. The molecule has 0 saturated carbocycles. The van der Waals surface area contributed by atoms with Crippen LogP contribution in [-0.4, -0.2) is 31.4 Å². The fourth-order valence-electron chi connectivity index (χ4n) is 2.88. The van der Waals surface area contributed by atoms with Gasteiger partial charge in [-0.1, -0.05) is 24.3 Å². The highest BCUT2D eigenvalue weighted by molar-refractivity contribution is 5.46. The van der Waals surface area contributed by atoms with E-state index in [1.807, 2.05) is 0 Å². The van der Waals surface area contributed by atoms with Gasteiger partial charge in [-0.05, 0) is 60.5 Å². The molecule has 0 aromatic heterocycles. The second kappa shape index (κ2) is 12.6. The predicted molar refractivity (Wildman–Crippen MR) is 118 cm³/mol. The van der Waals surface area contributed by atoms with Gasteiger partial charge >= 0.3 is 0 Å². The molecule has 0 amide bonds. The SMILES string of the molecule is OCCNCCCOc1ccc(OCc2ccc(F)cc2)c(OCc2ccc(F)cc2)c1. The van der Waals surface area contributed by atoms with E-state index in [9.17, 15) is 8.78 Å². The molecule has 3 aromatic carbocycles. The van der Waals surface area contributed by atoms with Gasteiger partial charge in [0.1, 0.15) is 30.6 Å². The molecule has 0 saturated heterocycles. The highest BCUT2D eigenvalue weighted by atomic mass is 19.1. The minimum atomic E-state index is -0.305. The number of rotatable bonds is 13. The van der Waals surface area contributed by atoms with Gasteiger partial charge in [-0.3, -0.25) is 0 Å². The third kappa shape index (κ3) is 7.83. The van der Waals surface area contributed by atoms with Crippen molar-refractivity contribution in [3.63, 3.8) is 0 Å². The van der Waals surface area contributed by atoms with E-state index in [2.05, 4.69) is 5.32 Å². The molecule has 3 aromatic rings. The second-order valence-corrected chi connectivity index (χ2v) is 7.11. The van der Waals surface area contributed by atoms with Gasteiger partial charge in [0.05, 0.1) is 13.2 Å². The summed E-state index contributed by atoms with van der Waals surface area (Å²) in [5.74, 6) is 1.04. The van der Waals surface area contributed by atoms with Crippen molar-refractivity contribution in [1.29, 1.82) is 0 Å². The van der Waals surface area contributed by atoms with Crippen molar-refractivity contribution in [2.75, 3.05) is 26.3 Å². The maximum absolute atomic E-state index is 13.2. The van der Waals surface area contributed by atoms with Crippen LogP contribution in [0.25, 0.3) is 0 Å². The highest BCUT2D eigenvalue weighted by Crippen LogP contribution is 2.33. The molecule has 7 heteroatoms. The number of nitrogens with one attached hydrogen (secondary N) is 1. The number of aliphatic hydroxyl groups excluding tert-OH is 1. The lowest BCUT2D eigenvalue weighted by atomic mass is 10.2. The topological polar surface area (TPSA) is 60.0 Å². The number of ether oxygens (including phenoxy) is 3. The summed E-state index contributed by atoms with van der Waals surface area (Å²) in [6, 6.07) is 17.5. The van der Waals surface area contributed by atoms with Crippen molar-refractivity contribution in [3.05, 3.63) is 89.5 Å². The number of hydrogen-bond acceptors (Lipinski definition) is 5. The second-order valence-electron chi connectivity index (χ2n) is 7.11. The third-order valence-corrected chi connectivity index (χ3v) is 4.59. The molecule has 0 aliphatic rings. The third-order valence-electron chi connectivity index (χ3n) is 4.59. The van der Waals surface area contributed by atoms with Crippen molar-refractivity contribution in [3.8, 4) is 17.2 Å². The minimum absolute atomic E-state index is 0.106. The Hall–Kier alpha value is -3.16. The Labute approximate surface area is 186 Å². The molecule has 3 rings (SSSR count). The van der Waals surface area contributed by atoms with Gasteiger partial charge in [0, 0.05) is 12.6 Å². The standard InChI is InChI=1S/C25H27F2NO4/c26-21-6-2-19(3-7-21)17-31-24-11-10-23(30-15-1-12-28-13-14-29)16-25(24)32-18-20-4-8-22(27)9-5-20/h2-11,16,28-29H,1,12-15,17-18H2. The Bertz CT molecular complexity index is 949. The fraction of sp³-hybridized carbons (Fsp3) is 0.280. The molecule has 0 atom stereocenters. The summed E-state index contributed by atoms with van der Waals surface area (Å²) in [6.07, 6.45) is 0.786. The van der Waals surface area contributed by atoms with Crippen LogP contribution >= 0.6 is 0 Å². The molecule has 0 bridgehead atoms. The molecule has 170 valence electrons. The van der Waals surface area contributed by atoms with E-state index in [4.69, 9.17) is 19.3 Å². The van der Waals surface area contributed by atoms with E-state index < -0.39 is 0 Å². The smallest absolute Gasteiger partial charge is 0.165 e. The zero-order chi connectivity index (χ0) is 22.6. The lowest BCUT2D eigenvalue weighted by molar-refractivity contribution is 0.251. The van der Waals surface area contributed by atoms with Gasteiger partial charge in [-0.25, -0.2) is 8.78 Å². The summed E-state index contributed by atoms with van der Waals surface area (Å²) in [5, 5.41) is 11.9. The van der Waals surface area contributed by atoms with Gasteiger partial charge in [0.15, 0.2) is 11.5 Å². The molecule has 32 heavy (non-hydrogen) atoms. The number of aliphatic hydroxyl groups is 1. The largest absolute Gasteiger partial charge is 0.493 e. The van der Waals surface area contributed by atoms with Gasteiger partial charge in [0.2, 0.25) is 0 Å². The molecule has 0 unspecified atom stereocenters. The maximum atomic E-state index is 13.2. The fourth-order valence-corrected chi connectivity index (χ4v) is 2.88. The Balaban J connectivity index is 1.64. The Kier molecular flexibility index (Phi) is 9.28. The van der Waals surface area contributed by atoms with Crippen LogP contribution in [0.3, 0.4) is 0 Å². The normalized spacial score (nSPS) is 10.7. The van der Waals surface area contributed by atoms with Crippen molar-refractivity contribution in [2.45, 2.75) is 19.6 Å². The van der Waals surface area contributed by atoms with E-state index in [1.165, 1.54) is 24.3 Å². The van der Waals surface area contributed by atoms with Crippen LogP contribution in [0.15, 0.2) is 66.7 Å². The van der Waals surface area contributed by atoms with Gasteiger partial charge in [-0.15, -0.1) is 0 Å². The first-order valence-electron chi connectivity index (χ1n) is 10.5. The summed E-state index contributed by atoms with van der Waals surface area (Å²) in [4.78, 5) is 0. The van der Waals surface area contributed by atoms with Crippen LogP contribution in [0.1, 0.15) is 17.5 Å². The Morgan fingerprint density at radius 3 is 1.88 bits per heavy atom. The molecule has 0 aliphatic carbocycles. The molecule has 0 spiro atoms. The van der Waals surface area contributed by atoms with Gasteiger partial charge < -0.3 is 24.6 Å². The number of benzene rings is 3. The summed E-state index contributed by atoms with van der Waals surface area (Å²) in [6.45, 7) is 2.40. The van der Waals surface area contributed by atoms with E-state index in [0.717, 1.165) is 24.1 Å². The summed E-state index contributed by atoms with van der Waals surface area (Å²) < 4.78 is 43.9. The van der Waals surface area contributed by atoms with Crippen LogP contribution in [0.4, 0.5) is 8.78 Å². The Morgan fingerprint density at radius 1 is 0.688 bits per heavy atom. The summed E-state index contributed by atoms with van der Waals surface area (Å²) >= 11 is 0. The molecule has 0 radical (unpaired) electrons. The van der Waals surface area contributed by atoms with E-state index in [0.29, 0.717) is 30.4 Å². The summed E-state index contributed by atoms with van der Waals surface area (Å²) in [5.41, 5.74) is 1.64. The first kappa shape index (κ1) is 23.5. The molecule has 0 heterocycles. The molecular formula is C25H27F2NO4. The monoisotopic (exact) mass is 443 g/mol. The average molecular weight is 443 g/mol. The van der Waals surface area contributed by atoms with Gasteiger partial charge in [0.25, 0.3) is 0 Å². The number of hydrogen-bond donors (Lipinski definition) is 2. The van der Waals surface area contributed by atoms with E-state index in [-0.39, 0.29) is 31.5 Å². The van der Waals surface area contributed by atoms with Crippen LogP contribution in [0.2, 0.25) is 0 Å². The van der Waals surface area contributed by atoms with Crippen LogP contribution in [-0.2, 0) is 13.2 Å². The first-order chi connectivity index (χ1) is 15.6. The van der Waals surface area contributed by atoms with Crippen molar-refractivity contribution in [2.24, 2.45) is 0 Å². The molecular weight excluding hydrogens is 416 g/mol.